The van der Waals surface area contributed by atoms with Crippen molar-refractivity contribution in [2.75, 3.05) is 10.6 Å². The van der Waals surface area contributed by atoms with Crippen molar-refractivity contribution in [2.45, 2.75) is 19.9 Å². The quantitative estimate of drug-likeness (QED) is 0.647. The molecule has 1 atom stereocenters. The number of thiazole rings is 1. The lowest BCUT2D eigenvalue weighted by Gasteiger charge is -2.15. The van der Waals surface area contributed by atoms with Gasteiger partial charge in [-0.05, 0) is 50.2 Å². The Labute approximate surface area is 155 Å². The Hall–Kier alpha value is -2.37. The van der Waals surface area contributed by atoms with Crippen LogP contribution in [0.2, 0.25) is 5.02 Å². The number of nitrogens with one attached hydrogen (secondary N) is 2. The number of hydrogen-bond acceptors (Lipinski definition) is 4. The highest BCUT2D eigenvalue weighted by atomic mass is 35.5. The van der Waals surface area contributed by atoms with Crippen molar-refractivity contribution in [3.8, 4) is 11.3 Å². The summed E-state index contributed by atoms with van der Waals surface area (Å²) in [6.45, 7) is 3.81. The molecule has 1 heterocycles. The van der Waals surface area contributed by atoms with E-state index in [1.165, 1.54) is 0 Å². The van der Waals surface area contributed by atoms with Gasteiger partial charge in [-0.25, -0.2) is 4.98 Å². The molecule has 1 amide bonds. The molecule has 0 saturated heterocycles. The van der Waals surface area contributed by atoms with Gasteiger partial charge >= 0.3 is 0 Å². The number of halogens is 1. The highest BCUT2D eigenvalue weighted by molar-refractivity contribution is 7.09. The molecule has 0 fully saturated rings. The largest absolute Gasteiger partial charge is 0.374 e. The third kappa shape index (κ3) is 4.59. The first-order valence-electron chi connectivity index (χ1n) is 7.87. The van der Waals surface area contributed by atoms with Crippen LogP contribution in [0.5, 0.6) is 0 Å². The average Bonchev–Trinajstić information content (AvgIpc) is 3.04. The summed E-state index contributed by atoms with van der Waals surface area (Å²) in [5.74, 6) is -0.110. The lowest BCUT2D eigenvalue weighted by Crippen LogP contribution is -2.31. The van der Waals surface area contributed by atoms with Gasteiger partial charge in [-0.3, -0.25) is 4.79 Å². The van der Waals surface area contributed by atoms with Gasteiger partial charge < -0.3 is 10.6 Å². The van der Waals surface area contributed by atoms with Gasteiger partial charge in [0.1, 0.15) is 6.04 Å². The Bertz CT molecular complexity index is 859. The molecule has 0 aliphatic heterocycles. The van der Waals surface area contributed by atoms with E-state index in [9.17, 15) is 4.79 Å². The number of amides is 1. The van der Waals surface area contributed by atoms with Crippen LogP contribution in [0.1, 0.15) is 11.9 Å². The number of benzene rings is 2. The fourth-order valence-electron chi connectivity index (χ4n) is 2.33. The van der Waals surface area contributed by atoms with Crippen LogP contribution in [0.15, 0.2) is 53.9 Å². The molecule has 2 aromatic carbocycles. The van der Waals surface area contributed by atoms with E-state index in [1.807, 2.05) is 43.5 Å². The second-order valence-corrected chi connectivity index (χ2v) is 7.19. The molecule has 3 rings (SSSR count). The average molecular weight is 372 g/mol. The van der Waals surface area contributed by atoms with Gasteiger partial charge in [0.25, 0.3) is 0 Å². The summed E-state index contributed by atoms with van der Waals surface area (Å²) in [6.07, 6.45) is 0. The first-order chi connectivity index (χ1) is 12.0. The predicted octanol–water partition coefficient (Wildman–Crippen LogP) is 5.21. The van der Waals surface area contributed by atoms with Gasteiger partial charge in [0.2, 0.25) is 5.91 Å². The Kier molecular flexibility index (Phi) is 5.36. The molecule has 0 aliphatic carbocycles. The van der Waals surface area contributed by atoms with Gasteiger partial charge in [0.15, 0.2) is 0 Å². The standard InChI is InChI=1S/C19H18ClN3OS/c1-12(19(24)23-17-9-5-15(20)6-10-17)21-16-7-3-14(4-8-16)18-11-25-13(2)22-18/h3-12,21H,1-2H3,(H,23,24)/t12-/m1/s1. The molecule has 25 heavy (non-hydrogen) atoms. The van der Waals surface area contributed by atoms with E-state index in [2.05, 4.69) is 15.6 Å². The Morgan fingerprint density at radius 3 is 2.32 bits per heavy atom. The van der Waals surface area contributed by atoms with Crippen LogP contribution in [-0.4, -0.2) is 16.9 Å². The Morgan fingerprint density at radius 2 is 1.72 bits per heavy atom. The zero-order valence-electron chi connectivity index (χ0n) is 13.9. The van der Waals surface area contributed by atoms with Gasteiger partial charge in [-0.2, -0.15) is 0 Å². The second kappa shape index (κ2) is 7.68. The SMILES string of the molecule is Cc1nc(-c2ccc(N[C@H](C)C(=O)Nc3ccc(Cl)cc3)cc2)cs1. The van der Waals surface area contributed by atoms with E-state index in [-0.39, 0.29) is 11.9 Å². The first-order valence-corrected chi connectivity index (χ1v) is 9.12. The maximum absolute atomic E-state index is 12.3. The molecule has 0 bridgehead atoms. The fraction of sp³-hybridized carbons (Fsp3) is 0.158. The topological polar surface area (TPSA) is 54.0 Å². The van der Waals surface area contributed by atoms with Crippen molar-refractivity contribution < 1.29 is 4.79 Å². The smallest absolute Gasteiger partial charge is 0.246 e. The van der Waals surface area contributed by atoms with Crippen LogP contribution < -0.4 is 10.6 Å². The highest BCUT2D eigenvalue weighted by Crippen LogP contribution is 2.23. The zero-order chi connectivity index (χ0) is 17.8. The molecule has 0 spiro atoms. The van der Waals surface area contributed by atoms with Crippen LogP contribution in [0, 0.1) is 6.92 Å². The van der Waals surface area contributed by atoms with E-state index in [0.29, 0.717) is 5.02 Å². The van der Waals surface area contributed by atoms with Crippen molar-refractivity contribution in [3.05, 3.63) is 63.9 Å². The third-order valence-corrected chi connectivity index (χ3v) is 4.71. The maximum atomic E-state index is 12.3. The molecular weight excluding hydrogens is 354 g/mol. The van der Waals surface area contributed by atoms with Gasteiger partial charge in [0, 0.05) is 27.3 Å². The summed E-state index contributed by atoms with van der Waals surface area (Å²) in [4.78, 5) is 16.8. The number of aromatic nitrogens is 1. The molecule has 4 nitrogen and oxygen atoms in total. The Morgan fingerprint density at radius 1 is 1.08 bits per heavy atom. The van der Waals surface area contributed by atoms with E-state index >= 15 is 0 Å². The van der Waals surface area contributed by atoms with E-state index < -0.39 is 0 Å². The number of carbonyl (C=O) groups is 1. The van der Waals surface area contributed by atoms with Crippen LogP contribution in [0.3, 0.4) is 0 Å². The molecule has 1 aromatic heterocycles. The molecular formula is C19H18ClN3OS. The van der Waals surface area contributed by atoms with Crippen LogP contribution >= 0.6 is 22.9 Å². The number of aryl methyl sites for hydroxylation is 1. The second-order valence-electron chi connectivity index (χ2n) is 5.69. The summed E-state index contributed by atoms with van der Waals surface area (Å²) in [5.41, 5.74) is 3.64. The van der Waals surface area contributed by atoms with Crippen molar-refractivity contribution in [1.82, 2.24) is 4.98 Å². The maximum Gasteiger partial charge on any atom is 0.246 e. The molecule has 0 saturated carbocycles. The van der Waals surface area contributed by atoms with Crippen LogP contribution in [0.4, 0.5) is 11.4 Å². The minimum Gasteiger partial charge on any atom is -0.374 e. The zero-order valence-corrected chi connectivity index (χ0v) is 15.5. The van der Waals surface area contributed by atoms with Crippen LogP contribution in [-0.2, 0) is 4.79 Å². The van der Waals surface area contributed by atoms with Gasteiger partial charge in [-0.1, -0.05) is 23.7 Å². The number of anilines is 2. The van der Waals surface area contributed by atoms with Crippen LogP contribution in [0.25, 0.3) is 11.3 Å². The highest BCUT2D eigenvalue weighted by Gasteiger charge is 2.13. The van der Waals surface area contributed by atoms with E-state index in [1.54, 1.807) is 35.6 Å². The van der Waals surface area contributed by atoms with Gasteiger partial charge in [0.05, 0.1) is 10.7 Å². The van der Waals surface area contributed by atoms with Crippen molar-refractivity contribution >= 4 is 40.2 Å². The number of carbonyl (C=O) groups excluding carboxylic acids is 1. The molecule has 0 radical (unpaired) electrons. The first kappa shape index (κ1) is 17.5. The van der Waals surface area contributed by atoms with E-state index in [0.717, 1.165) is 27.6 Å². The number of rotatable bonds is 5. The fourth-order valence-corrected chi connectivity index (χ4v) is 3.08. The van der Waals surface area contributed by atoms with E-state index in [4.69, 9.17) is 11.6 Å². The lowest BCUT2D eigenvalue weighted by atomic mass is 10.1. The number of hydrogen-bond donors (Lipinski definition) is 2. The molecule has 0 unspecified atom stereocenters. The van der Waals surface area contributed by atoms with Crippen molar-refractivity contribution in [2.24, 2.45) is 0 Å². The molecule has 128 valence electrons. The summed E-state index contributed by atoms with van der Waals surface area (Å²) in [5, 5.41) is 9.79. The summed E-state index contributed by atoms with van der Waals surface area (Å²) in [6, 6.07) is 14.6. The normalized spacial score (nSPS) is 11.8. The van der Waals surface area contributed by atoms with Crippen molar-refractivity contribution in [3.63, 3.8) is 0 Å². The number of nitrogens with zero attached hydrogens (tertiary/aromatic N) is 1. The summed E-state index contributed by atoms with van der Waals surface area (Å²) < 4.78 is 0. The minimum atomic E-state index is -0.372. The molecule has 3 aromatic rings. The monoisotopic (exact) mass is 371 g/mol. The minimum absolute atomic E-state index is 0.110. The Balaban J connectivity index is 1.61. The van der Waals surface area contributed by atoms with Gasteiger partial charge in [-0.15, -0.1) is 11.3 Å². The van der Waals surface area contributed by atoms with Crippen molar-refractivity contribution in [1.29, 1.82) is 0 Å². The summed E-state index contributed by atoms with van der Waals surface area (Å²) >= 11 is 7.48. The molecule has 6 heteroatoms. The lowest BCUT2D eigenvalue weighted by molar-refractivity contribution is -0.116. The third-order valence-electron chi connectivity index (χ3n) is 3.69. The molecule has 2 N–H and O–H groups in total. The molecule has 0 aliphatic rings. The predicted molar refractivity (Wildman–Crippen MR) is 105 cm³/mol. The summed E-state index contributed by atoms with van der Waals surface area (Å²) in [7, 11) is 0.